The van der Waals surface area contributed by atoms with Gasteiger partial charge in [-0.1, -0.05) is 32.0 Å². The van der Waals surface area contributed by atoms with Crippen molar-refractivity contribution in [3.63, 3.8) is 0 Å². The summed E-state index contributed by atoms with van der Waals surface area (Å²) in [5.74, 6) is -0.0623. The van der Waals surface area contributed by atoms with Crippen LogP contribution >= 0.6 is 11.3 Å². The third-order valence-corrected chi connectivity index (χ3v) is 6.08. The van der Waals surface area contributed by atoms with Crippen LogP contribution in [0.3, 0.4) is 0 Å². The van der Waals surface area contributed by atoms with Crippen molar-refractivity contribution in [2.75, 3.05) is 26.2 Å². The van der Waals surface area contributed by atoms with Crippen molar-refractivity contribution >= 4 is 22.9 Å². The van der Waals surface area contributed by atoms with Gasteiger partial charge in [0.1, 0.15) is 0 Å². The molecule has 0 aliphatic rings. The Hall–Kier alpha value is -3.03. The molecule has 3 aromatic heterocycles. The second-order valence-corrected chi connectivity index (χ2v) is 7.93. The molecule has 0 saturated carbocycles. The Morgan fingerprint density at radius 1 is 1.17 bits per heavy atom. The molecule has 0 bridgehead atoms. The Bertz CT molecular complexity index is 1130. The highest BCUT2D eigenvalue weighted by Crippen LogP contribution is 2.28. The number of nitrogens with one attached hydrogen (secondary N) is 1. The molecule has 0 fully saturated rings. The number of amides is 1. The van der Waals surface area contributed by atoms with E-state index in [0.717, 1.165) is 47.0 Å². The summed E-state index contributed by atoms with van der Waals surface area (Å²) in [7, 11) is 0. The van der Waals surface area contributed by atoms with Crippen LogP contribution in [0, 0.1) is 0 Å². The first-order valence-corrected chi connectivity index (χ1v) is 11.1. The maximum atomic E-state index is 12.6. The van der Waals surface area contributed by atoms with E-state index in [-0.39, 0.29) is 5.91 Å². The van der Waals surface area contributed by atoms with Crippen LogP contribution in [0.5, 0.6) is 0 Å². The highest BCUT2D eigenvalue weighted by Gasteiger charge is 2.13. The number of hydrogen-bond acceptors (Lipinski definition) is 5. The summed E-state index contributed by atoms with van der Waals surface area (Å²) in [4.78, 5) is 20.9. The number of likely N-dealkylation sites (N-methyl/N-ethyl adjacent to an activating group) is 1. The highest BCUT2D eigenvalue weighted by molar-refractivity contribution is 7.13. The topological polar surface area (TPSA) is 62.5 Å². The van der Waals surface area contributed by atoms with Gasteiger partial charge < -0.3 is 10.2 Å². The second-order valence-electron chi connectivity index (χ2n) is 6.98. The van der Waals surface area contributed by atoms with Crippen molar-refractivity contribution in [2.45, 2.75) is 13.8 Å². The molecule has 0 unspecified atom stereocenters. The first-order chi connectivity index (χ1) is 14.7. The second kappa shape index (κ2) is 9.19. The number of rotatable bonds is 8. The van der Waals surface area contributed by atoms with E-state index in [1.54, 1.807) is 22.0 Å². The van der Waals surface area contributed by atoms with Gasteiger partial charge in [-0.15, -0.1) is 11.3 Å². The molecule has 0 atom stereocenters. The minimum Gasteiger partial charge on any atom is -0.351 e. The predicted octanol–water partition coefficient (Wildman–Crippen LogP) is 4.20. The molecule has 4 rings (SSSR count). The number of hydrogen-bond donors (Lipinski definition) is 1. The number of nitrogens with zero attached hydrogens (tertiary/aromatic N) is 4. The number of carbonyl (C=O) groups excluding carboxylic acids is 1. The van der Waals surface area contributed by atoms with E-state index in [1.807, 2.05) is 48.0 Å². The van der Waals surface area contributed by atoms with Crippen molar-refractivity contribution in [1.82, 2.24) is 24.8 Å². The van der Waals surface area contributed by atoms with Crippen LogP contribution in [0.2, 0.25) is 0 Å². The summed E-state index contributed by atoms with van der Waals surface area (Å²) >= 11 is 1.66. The van der Waals surface area contributed by atoms with Crippen LogP contribution in [0.4, 0.5) is 0 Å². The van der Waals surface area contributed by atoms with E-state index in [2.05, 4.69) is 35.2 Å². The molecule has 0 spiro atoms. The van der Waals surface area contributed by atoms with Crippen molar-refractivity contribution in [3.8, 4) is 21.7 Å². The molecule has 0 saturated heterocycles. The van der Waals surface area contributed by atoms with E-state index in [0.29, 0.717) is 12.1 Å². The van der Waals surface area contributed by atoms with E-state index < -0.39 is 0 Å². The summed E-state index contributed by atoms with van der Waals surface area (Å²) in [6.07, 6.45) is 3.72. The molecule has 1 aromatic carbocycles. The number of aromatic nitrogens is 3. The van der Waals surface area contributed by atoms with Crippen molar-refractivity contribution in [3.05, 3.63) is 65.8 Å². The number of benzene rings is 1. The van der Waals surface area contributed by atoms with Crippen LogP contribution in [-0.2, 0) is 0 Å². The number of carbonyl (C=O) groups is 1. The van der Waals surface area contributed by atoms with Crippen LogP contribution in [0.1, 0.15) is 24.2 Å². The lowest BCUT2D eigenvalue weighted by Gasteiger charge is -2.18. The zero-order valence-electron chi connectivity index (χ0n) is 17.2. The van der Waals surface area contributed by atoms with Gasteiger partial charge in [0, 0.05) is 30.4 Å². The summed E-state index contributed by atoms with van der Waals surface area (Å²) < 4.78 is 1.77. The minimum absolute atomic E-state index is 0.0623. The molecule has 4 aromatic rings. The molecule has 0 aliphatic carbocycles. The molecular weight excluding hydrogens is 394 g/mol. The average molecular weight is 420 g/mol. The normalized spacial score (nSPS) is 11.3. The predicted molar refractivity (Wildman–Crippen MR) is 122 cm³/mol. The van der Waals surface area contributed by atoms with Gasteiger partial charge in [0.25, 0.3) is 5.91 Å². The van der Waals surface area contributed by atoms with Gasteiger partial charge in [0.15, 0.2) is 5.65 Å². The Kier molecular flexibility index (Phi) is 6.21. The van der Waals surface area contributed by atoms with E-state index in [9.17, 15) is 4.79 Å². The summed E-state index contributed by atoms with van der Waals surface area (Å²) in [6, 6.07) is 13.7. The third-order valence-electron chi connectivity index (χ3n) is 5.19. The molecule has 7 heteroatoms. The standard InChI is InChI=1S/C23H25N5OS/c1-3-27(4-2)13-11-24-23(29)18-8-5-7-17(15-18)19-16-25-28-12-10-20(26-22(19)28)21-9-6-14-30-21/h5-10,12,14-16H,3-4,11,13H2,1-2H3,(H,24,29). The molecule has 3 heterocycles. The maximum Gasteiger partial charge on any atom is 0.251 e. The fourth-order valence-electron chi connectivity index (χ4n) is 3.43. The van der Waals surface area contributed by atoms with Crippen LogP contribution in [-0.4, -0.2) is 51.6 Å². The highest BCUT2D eigenvalue weighted by atomic mass is 32.1. The minimum atomic E-state index is -0.0623. The van der Waals surface area contributed by atoms with Crippen molar-refractivity contribution in [2.24, 2.45) is 0 Å². The van der Waals surface area contributed by atoms with Crippen molar-refractivity contribution in [1.29, 1.82) is 0 Å². The van der Waals surface area contributed by atoms with E-state index >= 15 is 0 Å². The Morgan fingerprint density at radius 2 is 2.03 bits per heavy atom. The molecule has 154 valence electrons. The SMILES string of the molecule is CCN(CC)CCNC(=O)c1cccc(-c2cnn3ccc(-c4cccs4)nc23)c1. The fraction of sp³-hybridized carbons (Fsp3) is 0.261. The molecule has 0 radical (unpaired) electrons. The molecule has 30 heavy (non-hydrogen) atoms. The lowest BCUT2D eigenvalue weighted by atomic mass is 10.1. The zero-order chi connectivity index (χ0) is 20.9. The Morgan fingerprint density at radius 3 is 2.80 bits per heavy atom. The molecule has 1 amide bonds. The molecule has 1 N–H and O–H groups in total. The quantitative estimate of drug-likeness (QED) is 0.465. The molecular formula is C23H25N5OS. The van der Waals surface area contributed by atoms with Gasteiger partial charge in [-0.25, -0.2) is 9.50 Å². The van der Waals surface area contributed by atoms with Gasteiger partial charge in [-0.2, -0.15) is 5.10 Å². The van der Waals surface area contributed by atoms with Crippen LogP contribution in [0.15, 0.2) is 60.2 Å². The van der Waals surface area contributed by atoms with Crippen LogP contribution in [0.25, 0.3) is 27.3 Å². The van der Waals surface area contributed by atoms with E-state index in [1.165, 1.54) is 0 Å². The monoisotopic (exact) mass is 419 g/mol. The van der Waals surface area contributed by atoms with E-state index in [4.69, 9.17) is 4.98 Å². The van der Waals surface area contributed by atoms with Gasteiger partial charge in [-0.3, -0.25) is 4.79 Å². The van der Waals surface area contributed by atoms with Gasteiger partial charge in [0.2, 0.25) is 0 Å². The summed E-state index contributed by atoms with van der Waals surface area (Å²) in [6.45, 7) is 7.70. The summed E-state index contributed by atoms with van der Waals surface area (Å²) in [5.41, 5.74) is 4.17. The molecule has 6 nitrogen and oxygen atoms in total. The number of thiophene rings is 1. The smallest absolute Gasteiger partial charge is 0.251 e. The Balaban J connectivity index is 1.57. The van der Waals surface area contributed by atoms with Crippen molar-refractivity contribution < 1.29 is 4.79 Å². The Labute approximate surface area is 180 Å². The third kappa shape index (κ3) is 4.27. The van der Waals surface area contributed by atoms with Gasteiger partial charge in [-0.05, 0) is 48.3 Å². The maximum absolute atomic E-state index is 12.6. The fourth-order valence-corrected chi connectivity index (χ4v) is 4.13. The molecule has 0 aliphatic heterocycles. The summed E-state index contributed by atoms with van der Waals surface area (Å²) in [5, 5.41) is 9.49. The zero-order valence-corrected chi connectivity index (χ0v) is 18.0. The average Bonchev–Trinajstić information content (AvgIpc) is 3.46. The largest absolute Gasteiger partial charge is 0.351 e. The lowest BCUT2D eigenvalue weighted by molar-refractivity contribution is 0.0949. The van der Waals surface area contributed by atoms with Gasteiger partial charge >= 0.3 is 0 Å². The number of fused-ring (bicyclic) bond motifs is 1. The first-order valence-electron chi connectivity index (χ1n) is 10.2. The van der Waals surface area contributed by atoms with Gasteiger partial charge in [0.05, 0.1) is 16.8 Å². The van der Waals surface area contributed by atoms with Crippen LogP contribution < -0.4 is 5.32 Å². The first kappa shape index (κ1) is 20.3. The lowest BCUT2D eigenvalue weighted by Crippen LogP contribution is -2.34.